The van der Waals surface area contributed by atoms with E-state index in [1.54, 1.807) is 21.8 Å². The first kappa shape index (κ1) is 25.8. The van der Waals surface area contributed by atoms with E-state index in [0.29, 0.717) is 18.7 Å². The second-order valence-electron chi connectivity index (χ2n) is 10.1. The van der Waals surface area contributed by atoms with Gasteiger partial charge in [0.2, 0.25) is 5.43 Å². The minimum atomic E-state index is -0.911. The molecule has 10 heteroatoms. The molecule has 0 bridgehead atoms. The van der Waals surface area contributed by atoms with Crippen LogP contribution in [0.4, 0.5) is 8.78 Å². The van der Waals surface area contributed by atoms with Gasteiger partial charge in [-0.15, -0.1) is 11.8 Å². The normalized spacial score (nSPS) is 19.5. The molecule has 208 valence electrons. The number of thioether (sulfide) groups is 1. The summed E-state index contributed by atoms with van der Waals surface area (Å²) < 4.78 is 43.4. The van der Waals surface area contributed by atoms with Crippen LogP contribution in [0.25, 0.3) is 0 Å². The second-order valence-corrected chi connectivity index (χ2v) is 11.1. The van der Waals surface area contributed by atoms with E-state index in [0.717, 1.165) is 22.1 Å². The van der Waals surface area contributed by atoms with Gasteiger partial charge in [-0.1, -0.05) is 54.6 Å². The number of pyridine rings is 1. The van der Waals surface area contributed by atoms with E-state index in [2.05, 4.69) is 0 Å². The predicted octanol–water partition coefficient (Wildman–Crippen LogP) is 4.85. The molecule has 7 nitrogen and oxygen atoms in total. The van der Waals surface area contributed by atoms with Crippen molar-refractivity contribution in [1.29, 1.82) is 0 Å². The number of morpholine rings is 1. The largest absolute Gasteiger partial charge is 0.482 e. The monoisotopic (exact) mass is 573 g/mol. The predicted molar refractivity (Wildman–Crippen MR) is 150 cm³/mol. The number of nitrogens with zero attached hydrogens (tertiary/aromatic N) is 3. The van der Waals surface area contributed by atoms with Crippen LogP contribution in [0, 0.1) is 11.6 Å². The Hall–Kier alpha value is -4.15. The molecule has 41 heavy (non-hydrogen) atoms. The Morgan fingerprint density at radius 1 is 0.951 bits per heavy atom. The fraction of sp³-hybridized carbons (Fsp3) is 0.226. The third kappa shape index (κ3) is 4.29. The van der Waals surface area contributed by atoms with E-state index in [1.807, 2.05) is 59.6 Å². The first-order valence-electron chi connectivity index (χ1n) is 13.3. The van der Waals surface area contributed by atoms with Gasteiger partial charge in [0.1, 0.15) is 12.8 Å². The van der Waals surface area contributed by atoms with E-state index >= 15 is 4.39 Å². The van der Waals surface area contributed by atoms with Gasteiger partial charge in [-0.25, -0.2) is 8.78 Å². The number of amides is 1. The maximum atomic E-state index is 15.3. The van der Waals surface area contributed by atoms with Gasteiger partial charge in [-0.05, 0) is 28.8 Å². The average molecular weight is 574 g/mol. The van der Waals surface area contributed by atoms with Crippen LogP contribution in [0.3, 0.4) is 0 Å². The molecule has 1 aromatic heterocycles. The number of carbonyl (C=O) groups excluding carboxylic acids is 1. The average Bonchev–Trinajstić information content (AvgIpc) is 3.17. The van der Waals surface area contributed by atoms with Crippen molar-refractivity contribution in [3.63, 3.8) is 0 Å². The van der Waals surface area contributed by atoms with E-state index in [4.69, 9.17) is 9.47 Å². The Morgan fingerprint density at radius 3 is 2.61 bits per heavy atom. The molecular formula is C31H25F2N3O4S. The van der Waals surface area contributed by atoms with Crippen molar-refractivity contribution in [2.24, 2.45) is 0 Å². The zero-order valence-electron chi connectivity index (χ0n) is 21.8. The highest BCUT2D eigenvalue weighted by atomic mass is 32.2. The van der Waals surface area contributed by atoms with E-state index in [-0.39, 0.29) is 41.9 Å². The number of hydrogen-bond donors (Lipinski definition) is 0. The molecule has 3 aliphatic heterocycles. The van der Waals surface area contributed by atoms with Crippen LogP contribution < -0.4 is 15.2 Å². The summed E-state index contributed by atoms with van der Waals surface area (Å²) in [7, 11) is 0. The highest BCUT2D eigenvalue weighted by molar-refractivity contribution is 7.98. The van der Waals surface area contributed by atoms with Crippen LogP contribution in [0.1, 0.15) is 38.8 Å². The highest BCUT2D eigenvalue weighted by Crippen LogP contribution is 2.45. The fourth-order valence-electron chi connectivity index (χ4n) is 5.84. The summed E-state index contributed by atoms with van der Waals surface area (Å²) >= 11 is 1.44. The number of ether oxygens (including phenoxy) is 2. The lowest BCUT2D eigenvalue weighted by atomic mass is 9.93. The Kier molecular flexibility index (Phi) is 6.51. The van der Waals surface area contributed by atoms with Gasteiger partial charge in [-0.2, -0.15) is 0 Å². The molecule has 0 N–H and O–H groups in total. The molecular weight excluding hydrogens is 548 g/mol. The lowest BCUT2D eigenvalue weighted by Crippen LogP contribution is -2.66. The van der Waals surface area contributed by atoms with Crippen LogP contribution in [0.15, 0.2) is 88.7 Å². The second kappa shape index (κ2) is 10.4. The molecule has 7 rings (SSSR count). The summed E-state index contributed by atoms with van der Waals surface area (Å²) in [5, 5.41) is 1.94. The molecule has 3 aromatic carbocycles. The number of fused-ring (bicyclic) bond motifs is 4. The first-order valence-corrected chi connectivity index (χ1v) is 14.3. The first-order chi connectivity index (χ1) is 20.0. The van der Waals surface area contributed by atoms with Gasteiger partial charge < -0.3 is 14.4 Å². The molecule has 1 saturated heterocycles. The topological polar surface area (TPSA) is 64.0 Å². The summed E-state index contributed by atoms with van der Waals surface area (Å²) in [6, 6.07) is 20.6. The van der Waals surface area contributed by atoms with Crippen molar-refractivity contribution in [3.8, 4) is 5.75 Å². The molecule has 4 heterocycles. The molecule has 1 fully saturated rings. The van der Waals surface area contributed by atoms with Crippen LogP contribution in [0.2, 0.25) is 0 Å². The summed E-state index contributed by atoms with van der Waals surface area (Å²) in [5.74, 6) is -1.96. The van der Waals surface area contributed by atoms with E-state index < -0.39 is 29.3 Å². The Labute approximate surface area is 238 Å². The third-order valence-electron chi connectivity index (χ3n) is 7.76. The van der Waals surface area contributed by atoms with Crippen LogP contribution in [0.5, 0.6) is 5.75 Å². The number of carbonyl (C=O) groups is 1. The minimum absolute atomic E-state index is 0.0573. The van der Waals surface area contributed by atoms with E-state index in [1.165, 1.54) is 17.8 Å². The maximum absolute atomic E-state index is 15.3. The summed E-state index contributed by atoms with van der Waals surface area (Å²) in [6.07, 6.45) is 0.979. The number of halogens is 2. The quantitative estimate of drug-likeness (QED) is 0.348. The number of hydrogen-bond acceptors (Lipinski definition) is 6. The Bertz CT molecular complexity index is 1710. The molecule has 1 amide bonds. The summed E-state index contributed by atoms with van der Waals surface area (Å²) in [5.41, 5.74) is 2.23. The van der Waals surface area contributed by atoms with Crippen LogP contribution >= 0.6 is 11.8 Å². The lowest BCUT2D eigenvalue weighted by Gasteiger charge is -2.51. The zero-order chi connectivity index (χ0) is 28.1. The van der Waals surface area contributed by atoms with Gasteiger partial charge in [-0.3, -0.25) is 19.3 Å². The van der Waals surface area contributed by atoms with Crippen molar-refractivity contribution in [2.45, 2.75) is 29.5 Å². The molecule has 0 radical (unpaired) electrons. The molecule has 2 atom stereocenters. The van der Waals surface area contributed by atoms with Crippen molar-refractivity contribution in [1.82, 2.24) is 9.58 Å². The third-order valence-corrected chi connectivity index (χ3v) is 8.87. The molecule has 0 spiro atoms. The number of benzene rings is 3. The highest BCUT2D eigenvalue weighted by Gasteiger charge is 2.46. The number of aromatic nitrogens is 1. The van der Waals surface area contributed by atoms with Crippen LogP contribution in [-0.2, 0) is 17.1 Å². The van der Waals surface area contributed by atoms with Crippen molar-refractivity contribution in [2.75, 3.05) is 24.8 Å². The van der Waals surface area contributed by atoms with Gasteiger partial charge in [0.15, 0.2) is 23.1 Å². The molecule has 0 aliphatic carbocycles. The molecule has 4 aromatic rings. The Morgan fingerprint density at radius 2 is 1.76 bits per heavy atom. The fourth-order valence-corrected chi connectivity index (χ4v) is 6.95. The van der Waals surface area contributed by atoms with Gasteiger partial charge in [0.25, 0.3) is 5.91 Å². The molecule has 0 saturated carbocycles. The van der Waals surface area contributed by atoms with Gasteiger partial charge >= 0.3 is 0 Å². The summed E-state index contributed by atoms with van der Waals surface area (Å²) in [6.45, 7) is 0.932. The maximum Gasteiger partial charge on any atom is 0.278 e. The van der Waals surface area contributed by atoms with Crippen LogP contribution in [-0.4, -0.2) is 41.4 Å². The van der Waals surface area contributed by atoms with Gasteiger partial charge in [0, 0.05) is 35.0 Å². The van der Waals surface area contributed by atoms with Crippen molar-refractivity contribution < 1.29 is 23.0 Å². The summed E-state index contributed by atoms with van der Waals surface area (Å²) in [4.78, 5) is 29.8. The Balaban J connectivity index is 1.45. The molecule has 0 unspecified atom stereocenters. The SMILES string of the molecule is O=C1c2c(OCc3ccccc3)c(=O)ccn2N([C@@H]2c3ccccc3SCc3c2ccc(F)c3F)[C@@H]2COCCN12. The minimum Gasteiger partial charge on any atom is -0.482 e. The standard InChI is InChI=1S/C31H25F2N3O4S/c32-23-11-10-20-22(27(23)33)18-41-25-9-5-4-8-21(25)28(20)36-26-17-39-15-14-34(26)31(38)29-30(24(37)12-13-35(29)36)40-16-19-6-2-1-3-7-19/h1-13,26,28H,14-18H2/t26-,28+/m1/s1. The van der Waals surface area contributed by atoms with E-state index in [9.17, 15) is 14.0 Å². The van der Waals surface area contributed by atoms with Crippen molar-refractivity contribution in [3.05, 3.63) is 129 Å². The number of rotatable bonds is 4. The lowest BCUT2D eigenvalue weighted by molar-refractivity contribution is -0.0199. The zero-order valence-corrected chi connectivity index (χ0v) is 22.7. The van der Waals surface area contributed by atoms with Crippen molar-refractivity contribution >= 4 is 17.7 Å². The molecule has 3 aliphatic rings. The smallest absolute Gasteiger partial charge is 0.278 e. The van der Waals surface area contributed by atoms with Gasteiger partial charge in [0.05, 0.1) is 19.3 Å².